The molecule has 0 aromatic heterocycles. The molecule has 1 saturated carbocycles. The summed E-state index contributed by atoms with van der Waals surface area (Å²) in [6, 6.07) is 0. The molecule has 1 rings (SSSR count). The standard InChI is InChI=1S/C16H33N/c1-5-7-13(3)16-11-14(8-6-2)9-10-15(16)12-17-4/h13-17H,5-12H2,1-4H3. The van der Waals surface area contributed by atoms with Gasteiger partial charge in [0.05, 0.1) is 0 Å². The molecule has 17 heavy (non-hydrogen) atoms. The molecular formula is C16H33N. The Kier molecular flexibility index (Phi) is 7.18. The highest BCUT2D eigenvalue weighted by molar-refractivity contribution is 4.84. The Labute approximate surface area is 109 Å². The van der Waals surface area contributed by atoms with Gasteiger partial charge in [-0.1, -0.05) is 52.9 Å². The van der Waals surface area contributed by atoms with Crippen LogP contribution >= 0.6 is 0 Å². The Morgan fingerprint density at radius 3 is 2.53 bits per heavy atom. The summed E-state index contributed by atoms with van der Waals surface area (Å²) >= 11 is 0. The molecule has 1 aliphatic rings. The SMILES string of the molecule is CCCC1CCC(CNC)C(C(C)CCC)C1. The van der Waals surface area contributed by atoms with Gasteiger partial charge >= 0.3 is 0 Å². The van der Waals surface area contributed by atoms with Gasteiger partial charge in [0.1, 0.15) is 0 Å². The molecule has 4 atom stereocenters. The molecule has 0 aromatic rings. The highest BCUT2D eigenvalue weighted by Crippen LogP contribution is 2.41. The largest absolute Gasteiger partial charge is 0.319 e. The van der Waals surface area contributed by atoms with Gasteiger partial charge in [0.25, 0.3) is 0 Å². The highest BCUT2D eigenvalue weighted by Gasteiger charge is 2.32. The number of hydrogen-bond acceptors (Lipinski definition) is 1. The van der Waals surface area contributed by atoms with Crippen LogP contribution in [0.25, 0.3) is 0 Å². The molecule has 0 bridgehead atoms. The molecule has 0 aliphatic heterocycles. The summed E-state index contributed by atoms with van der Waals surface area (Å²) < 4.78 is 0. The first-order valence-electron chi connectivity index (χ1n) is 7.87. The van der Waals surface area contributed by atoms with Crippen molar-refractivity contribution in [1.82, 2.24) is 5.32 Å². The monoisotopic (exact) mass is 239 g/mol. The van der Waals surface area contributed by atoms with E-state index < -0.39 is 0 Å². The maximum absolute atomic E-state index is 3.41. The van der Waals surface area contributed by atoms with E-state index in [9.17, 15) is 0 Å². The van der Waals surface area contributed by atoms with Crippen molar-refractivity contribution in [2.45, 2.75) is 65.7 Å². The summed E-state index contributed by atoms with van der Waals surface area (Å²) in [7, 11) is 2.11. The lowest BCUT2D eigenvalue weighted by atomic mass is 9.67. The molecule has 0 heterocycles. The fourth-order valence-electron chi connectivity index (χ4n) is 3.91. The number of nitrogens with one attached hydrogen (secondary N) is 1. The van der Waals surface area contributed by atoms with Crippen LogP contribution in [0, 0.1) is 23.7 Å². The predicted octanol–water partition coefficient (Wildman–Crippen LogP) is 4.47. The second-order valence-corrected chi connectivity index (χ2v) is 6.22. The average molecular weight is 239 g/mol. The van der Waals surface area contributed by atoms with E-state index in [1.165, 1.54) is 51.5 Å². The fraction of sp³-hybridized carbons (Fsp3) is 1.00. The topological polar surface area (TPSA) is 12.0 Å². The molecule has 102 valence electrons. The van der Waals surface area contributed by atoms with Gasteiger partial charge in [0, 0.05) is 0 Å². The van der Waals surface area contributed by atoms with Gasteiger partial charge in [0.2, 0.25) is 0 Å². The molecular weight excluding hydrogens is 206 g/mol. The van der Waals surface area contributed by atoms with E-state index in [0.717, 1.165) is 23.7 Å². The van der Waals surface area contributed by atoms with Crippen molar-refractivity contribution in [3.8, 4) is 0 Å². The van der Waals surface area contributed by atoms with Crippen LogP contribution in [0.5, 0.6) is 0 Å². The molecule has 0 radical (unpaired) electrons. The van der Waals surface area contributed by atoms with Gasteiger partial charge in [-0.15, -0.1) is 0 Å². The maximum atomic E-state index is 3.41. The minimum absolute atomic E-state index is 0.929. The van der Waals surface area contributed by atoms with Crippen LogP contribution < -0.4 is 5.32 Å². The smallest absolute Gasteiger partial charge is 0.00208 e. The number of rotatable bonds is 7. The van der Waals surface area contributed by atoms with E-state index >= 15 is 0 Å². The van der Waals surface area contributed by atoms with Crippen molar-refractivity contribution in [2.75, 3.05) is 13.6 Å². The normalized spacial score (nSPS) is 31.4. The Morgan fingerprint density at radius 2 is 1.94 bits per heavy atom. The minimum Gasteiger partial charge on any atom is -0.319 e. The lowest BCUT2D eigenvalue weighted by Gasteiger charge is -2.39. The average Bonchev–Trinajstić information content (AvgIpc) is 2.32. The Balaban J connectivity index is 2.55. The molecule has 1 aliphatic carbocycles. The van der Waals surface area contributed by atoms with Crippen LogP contribution in [0.4, 0.5) is 0 Å². The first-order chi connectivity index (χ1) is 8.22. The van der Waals surface area contributed by atoms with Crippen LogP contribution in [0.2, 0.25) is 0 Å². The van der Waals surface area contributed by atoms with Crippen molar-refractivity contribution in [3.05, 3.63) is 0 Å². The third-order valence-electron chi connectivity index (χ3n) is 4.79. The van der Waals surface area contributed by atoms with Gasteiger partial charge in [-0.3, -0.25) is 0 Å². The zero-order valence-electron chi connectivity index (χ0n) is 12.5. The first kappa shape index (κ1) is 15.0. The van der Waals surface area contributed by atoms with E-state index in [1.807, 2.05) is 0 Å². The van der Waals surface area contributed by atoms with E-state index in [1.54, 1.807) is 0 Å². The van der Waals surface area contributed by atoms with Crippen molar-refractivity contribution in [3.63, 3.8) is 0 Å². The van der Waals surface area contributed by atoms with E-state index in [-0.39, 0.29) is 0 Å². The molecule has 0 aromatic carbocycles. The third-order valence-corrected chi connectivity index (χ3v) is 4.79. The van der Waals surface area contributed by atoms with E-state index in [0.29, 0.717) is 0 Å². The molecule has 1 N–H and O–H groups in total. The summed E-state index contributed by atoms with van der Waals surface area (Å²) in [5.41, 5.74) is 0. The van der Waals surface area contributed by atoms with Gasteiger partial charge in [-0.2, -0.15) is 0 Å². The van der Waals surface area contributed by atoms with Crippen LogP contribution in [-0.2, 0) is 0 Å². The molecule has 0 saturated heterocycles. The van der Waals surface area contributed by atoms with Crippen LogP contribution in [0.1, 0.15) is 65.7 Å². The third kappa shape index (κ3) is 4.62. The highest BCUT2D eigenvalue weighted by atomic mass is 14.8. The van der Waals surface area contributed by atoms with E-state index in [4.69, 9.17) is 0 Å². The first-order valence-corrected chi connectivity index (χ1v) is 7.87. The van der Waals surface area contributed by atoms with Crippen LogP contribution in [-0.4, -0.2) is 13.6 Å². The van der Waals surface area contributed by atoms with Crippen LogP contribution in [0.15, 0.2) is 0 Å². The Bertz CT molecular complexity index is 190. The molecule has 1 heteroatoms. The Morgan fingerprint density at radius 1 is 1.18 bits per heavy atom. The second-order valence-electron chi connectivity index (χ2n) is 6.22. The van der Waals surface area contributed by atoms with Gasteiger partial charge in [-0.05, 0) is 50.1 Å². The Hall–Kier alpha value is -0.0400. The molecule has 0 spiro atoms. The van der Waals surface area contributed by atoms with E-state index in [2.05, 4.69) is 33.1 Å². The van der Waals surface area contributed by atoms with Crippen LogP contribution in [0.3, 0.4) is 0 Å². The summed E-state index contributed by atoms with van der Waals surface area (Å²) in [4.78, 5) is 0. The fourth-order valence-corrected chi connectivity index (χ4v) is 3.91. The van der Waals surface area contributed by atoms with Gasteiger partial charge in [0.15, 0.2) is 0 Å². The summed E-state index contributed by atoms with van der Waals surface area (Å²) in [6.07, 6.45) is 10.0. The molecule has 1 fully saturated rings. The lowest BCUT2D eigenvalue weighted by Crippen LogP contribution is -2.35. The number of hydrogen-bond donors (Lipinski definition) is 1. The molecule has 4 unspecified atom stereocenters. The lowest BCUT2D eigenvalue weighted by molar-refractivity contribution is 0.117. The maximum Gasteiger partial charge on any atom is -0.00208 e. The summed E-state index contributed by atoms with van der Waals surface area (Å²) in [5.74, 6) is 3.87. The van der Waals surface area contributed by atoms with Gasteiger partial charge < -0.3 is 5.32 Å². The van der Waals surface area contributed by atoms with Crippen molar-refractivity contribution in [1.29, 1.82) is 0 Å². The van der Waals surface area contributed by atoms with Gasteiger partial charge in [-0.25, -0.2) is 0 Å². The quantitative estimate of drug-likeness (QED) is 0.691. The molecule has 0 amide bonds. The predicted molar refractivity (Wildman–Crippen MR) is 77.2 cm³/mol. The minimum atomic E-state index is 0.929. The van der Waals surface area contributed by atoms with Crippen molar-refractivity contribution in [2.24, 2.45) is 23.7 Å². The van der Waals surface area contributed by atoms with Crippen molar-refractivity contribution < 1.29 is 0 Å². The summed E-state index contributed by atoms with van der Waals surface area (Å²) in [5, 5.41) is 3.41. The molecule has 1 nitrogen and oxygen atoms in total. The zero-order chi connectivity index (χ0) is 12.7. The zero-order valence-corrected chi connectivity index (χ0v) is 12.5. The van der Waals surface area contributed by atoms with Crippen molar-refractivity contribution >= 4 is 0 Å². The summed E-state index contributed by atoms with van der Waals surface area (Å²) in [6.45, 7) is 8.39. The second kappa shape index (κ2) is 8.13.